The first-order valence-electron chi connectivity index (χ1n) is 7.61. The number of nitro benzene ring substituents is 1. The van der Waals surface area contributed by atoms with Crippen molar-refractivity contribution in [2.45, 2.75) is 6.10 Å². The molecule has 3 rings (SSSR count). The van der Waals surface area contributed by atoms with Gasteiger partial charge in [0.15, 0.2) is 0 Å². The second-order valence-corrected chi connectivity index (χ2v) is 5.46. The van der Waals surface area contributed by atoms with Gasteiger partial charge in [-0.25, -0.2) is 4.98 Å². The molecule has 3 aromatic rings. The van der Waals surface area contributed by atoms with E-state index in [1.54, 1.807) is 6.07 Å². The number of hydrogen-bond acceptors (Lipinski definition) is 5. The highest BCUT2D eigenvalue weighted by molar-refractivity contribution is 5.94. The van der Waals surface area contributed by atoms with Crippen LogP contribution in [0.15, 0.2) is 60.7 Å². The largest absolute Gasteiger partial charge is 0.387 e. The maximum absolute atomic E-state index is 12.2. The Morgan fingerprint density at radius 1 is 1.12 bits per heavy atom. The van der Waals surface area contributed by atoms with Gasteiger partial charge >= 0.3 is 0 Å². The van der Waals surface area contributed by atoms with Crippen LogP contribution in [0.1, 0.15) is 22.2 Å². The molecule has 0 spiro atoms. The van der Waals surface area contributed by atoms with E-state index in [1.807, 2.05) is 30.3 Å². The zero-order chi connectivity index (χ0) is 17.8. The van der Waals surface area contributed by atoms with Crippen molar-refractivity contribution in [1.82, 2.24) is 10.3 Å². The third-order valence-electron chi connectivity index (χ3n) is 3.78. The number of benzene rings is 2. The van der Waals surface area contributed by atoms with Crippen LogP contribution < -0.4 is 5.32 Å². The number of pyridine rings is 1. The second kappa shape index (κ2) is 7.06. The fraction of sp³-hybridized carbons (Fsp3) is 0.111. The molecule has 0 aliphatic carbocycles. The highest BCUT2D eigenvalue weighted by Gasteiger charge is 2.13. The topological polar surface area (TPSA) is 105 Å². The molecule has 7 heteroatoms. The highest BCUT2D eigenvalue weighted by Crippen LogP contribution is 2.17. The fourth-order valence-electron chi connectivity index (χ4n) is 2.41. The van der Waals surface area contributed by atoms with E-state index in [1.165, 1.54) is 24.3 Å². The van der Waals surface area contributed by atoms with Gasteiger partial charge in [-0.2, -0.15) is 0 Å². The summed E-state index contributed by atoms with van der Waals surface area (Å²) < 4.78 is 0. The lowest BCUT2D eigenvalue weighted by Crippen LogP contribution is -2.29. The summed E-state index contributed by atoms with van der Waals surface area (Å²) in [5.41, 5.74) is 1.40. The van der Waals surface area contributed by atoms with Crippen molar-refractivity contribution in [1.29, 1.82) is 0 Å². The van der Waals surface area contributed by atoms with Crippen LogP contribution in [-0.2, 0) is 0 Å². The lowest BCUT2D eigenvalue weighted by Gasteiger charge is -2.12. The molecular weight excluding hydrogens is 322 g/mol. The summed E-state index contributed by atoms with van der Waals surface area (Å²) >= 11 is 0. The molecule has 2 aromatic carbocycles. The quantitative estimate of drug-likeness (QED) is 0.550. The second-order valence-electron chi connectivity index (χ2n) is 5.46. The summed E-state index contributed by atoms with van der Waals surface area (Å²) in [7, 11) is 0. The van der Waals surface area contributed by atoms with Crippen LogP contribution in [0, 0.1) is 10.1 Å². The highest BCUT2D eigenvalue weighted by atomic mass is 16.6. The van der Waals surface area contributed by atoms with Gasteiger partial charge in [0.1, 0.15) is 5.69 Å². The Kier molecular flexibility index (Phi) is 4.67. The maximum atomic E-state index is 12.2. The molecule has 1 atom stereocenters. The Hall–Kier alpha value is -3.32. The Bertz CT molecular complexity index is 925. The molecule has 25 heavy (non-hydrogen) atoms. The summed E-state index contributed by atoms with van der Waals surface area (Å²) in [5, 5.41) is 24.3. The van der Waals surface area contributed by atoms with E-state index in [0.29, 0.717) is 11.1 Å². The van der Waals surface area contributed by atoms with Crippen LogP contribution in [0.4, 0.5) is 5.69 Å². The number of non-ortho nitro benzene ring substituents is 1. The van der Waals surface area contributed by atoms with E-state index in [2.05, 4.69) is 10.3 Å². The molecule has 0 bridgehead atoms. The predicted octanol–water partition coefficient (Wildman–Crippen LogP) is 2.61. The Morgan fingerprint density at radius 2 is 1.84 bits per heavy atom. The van der Waals surface area contributed by atoms with E-state index in [4.69, 9.17) is 0 Å². The van der Waals surface area contributed by atoms with Crippen LogP contribution in [0.2, 0.25) is 0 Å². The van der Waals surface area contributed by atoms with E-state index in [0.717, 1.165) is 5.39 Å². The van der Waals surface area contributed by atoms with E-state index >= 15 is 0 Å². The zero-order valence-electron chi connectivity index (χ0n) is 13.1. The first-order chi connectivity index (χ1) is 12.0. The van der Waals surface area contributed by atoms with Crippen molar-refractivity contribution in [2.75, 3.05) is 6.54 Å². The third-order valence-corrected chi connectivity index (χ3v) is 3.78. The first-order valence-corrected chi connectivity index (χ1v) is 7.61. The number of nitrogens with one attached hydrogen (secondary N) is 1. The molecule has 1 heterocycles. The Morgan fingerprint density at radius 3 is 2.56 bits per heavy atom. The van der Waals surface area contributed by atoms with Gasteiger partial charge in [-0.15, -0.1) is 0 Å². The number of carbonyl (C=O) groups excluding carboxylic acids is 1. The van der Waals surface area contributed by atoms with Gasteiger partial charge in [0.2, 0.25) is 0 Å². The average Bonchev–Trinajstić information content (AvgIpc) is 2.65. The lowest BCUT2D eigenvalue weighted by molar-refractivity contribution is -0.384. The third kappa shape index (κ3) is 3.78. The van der Waals surface area contributed by atoms with E-state index in [9.17, 15) is 20.0 Å². The predicted molar refractivity (Wildman–Crippen MR) is 92.1 cm³/mol. The standard InChI is InChI=1S/C18H15N3O4/c22-17(13-5-8-14(9-6-13)21(24)25)11-19-18(23)16-10-7-12-3-1-2-4-15(12)20-16/h1-10,17,22H,11H2,(H,19,23)/t17-/m1/s1. The van der Waals surface area contributed by atoms with Gasteiger partial charge in [-0.1, -0.05) is 24.3 Å². The zero-order valence-corrected chi connectivity index (χ0v) is 13.1. The normalized spacial score (nSPS) is 11.9. The molecule has 0 saturated heterocycles. The molecule has 0 aliphatic heterocycles. The van der Waals surface area contributed by atoms with Gasteiger partial charge in [-0.3, -0.25) is 14.9 Å². The number of hydrogen-bond donors (Lipinski definition) is 2. The molecule has 0 unspecified atom stereocenters. The molecule has 126 valence electrons. The Labute approximate surface area is 143 Å². The van der Waals surface area contributed by atoms with Crippen LogP contribution in [0.5, 0.6) is 0 Å². The van der Waals surface area contributed by atoms with Crippen molar-refractivity contribution in [3.63, 3.8) is 0 Å². The molecule has 0 fully saturated rings. The summed E-state index contributed by atoms with van der Waals surface area (Å²) in [5.74, 6) is -0.397. The first kappa shape index (κ1) is 16.5. The monoisotopic (exact) mass is 337 g/mol. The number of amides is 1. The van der Waals surface area contributed by atoms with Gasteiger partial charge < -0.3 is 10.4 Å². The smallest absolute Gasteiger partial charge is 0.270 e. The Balaban J connectivity index is 1.65. The van der Waals surface area contributed by atoms with Crippen molar-refractivity contribution < 1.29 is 14.8 Å². The molecule has 1 aromatic heterocycles. The van der Waals surface area contributed by atoms with Crippen LogP contribution in [0.3, 0.4) is 0 Å². The number of para-hydroxylation sites is 1. The molecule has 0 radical (unpaired) electrons. The SMILES string of the molecule is O=C(NC[C@@H](O)c1ccc([N+](=O)[O-])cc1)c1ccc2ccccc2n1. The number of aliphatic hydroxyl groups excluding tert-OH is 1. The van der Waals surface area contributed by atoms with Gasteiger partial charge in [-0.05, 0) is 29.8 Å². The molecule has 7 nitrogen and oxygen atoms in total. The molecule has 0 aliphatic rings. The molecule has 1 amide bonds. The van der Waals surface area contributed by atoms with E-state index < -0.39 is 16.9 Å². The fourth-order valence-corrected chi connectivity index (χ4v) is 2.41. The number of fused-ring (bicyclic) bond motifs is 1. The number of aliphatic hydroxyl groups is 1. The van der Waals surface area contributed by atoms with Crippen molar-refractivity contribution in [3.05, 3.63) is 82.0 Å². The minimum Gasteiger partial charge on any atom is -0.387 e. The molecule has 0 saturated carbocycles. The summed E-state index contributed by atoms with van der Waals surface area (Å²) in [4.78, 5) is 26.6. The lowest BCUT2D eigenvalue weighted by atomic mass is 10.1. The number of aromatic nitrogens is 1. The summed E-state index contributed by atoms with van der Waals surface area (Å²) in [6, 6.07) is 16.4. The number of nitrogens with zero attached hydrogens (tertiary/aromatic N) is 2. The van der Waals surface area contributed by atoms with Crippen molar-refractivity contribution >= 4 is 22.5 Å². The van der Waals surface area contributed by atoms with Crippen molar-refractivity contribution in [3.8, 4) is 0 Å². The average molecular weight is 337 g/mol. The van der Waals surface area contributed by atoms with E-state index in [-0.39, 0.29) is 17.9 Å². The van der Waals surface area contributed by atoms with Gasteiger partial charge in [0.05, 0.1) is 16.5 Å². The maximum Gasteiger partial charge on any atom is 0.270 e. The summed E-state index contributed by atoms with van der Waals surface area (Å²) in [6.45, 7) is -0.0227. The van der Waals surface area contributed by atoms with Crippen LogP contribution >= 0.6 is 0 Å². The minimum absolute atomic E-state index is 0.0227. The van der Waals surface area contributed by atoms with Crippen LogP contribution in [-0.4, -0.2) is 27.5 Å². The van der Waals surface area contributed by atoms with Crippen LogP contribution in [0.25, 0.3) is 10.9 Å². The summed E-state index contributed by atoms with van der Waals surface area (Å²) in [6.07, 6.45) is -0.967. The van der Waals surface area contributed by atoms with Crippen molar-refractivity contribution in [2.24, 2.45) is 0 Å². The number of carbonyl (C=O) groups is 1. The minimum atomic E-state index is -0.967. The number of rotatable bonds is 5. The number of nitro groups is 1. The molecule has 2 N–H and O–H groups in total. The molecular formula is C18H15N3O4. The van der Waals surface area contributed by atoms with Gasteiger partial charge in [0.25, 0.3) is 11.6 Å². The van der Waals surface area contributed by atoms with Gasteiger partial charge in [0, 0.05) is 24.1 Å².